The lowest BCUT2D eigenvalue weighted by Crippen LogP contribution is -2.41. The summed E-state index contributed by atoms with van der Waals surface area (Å²) in [5.41, 5.74) is 3.54. The predicted molar refractivity (Wildman–Crippen MR) is 120 cm³/mol. The number of carbonyl (C=O) groups excluding carboxylic acids is 1. The molecule has 3 aromatic rings. The lowest BCUT2D eigenvalue weighted by Gasteiger charge is -2.37. The first-order valence-corrected chi connectivity index (χ1v) is 10.6. The Kier molecular flexibility index (Phi) is 6.61. The molecular formula is C25H22ClNO5. The number of carbonyl (C=O) groups is 2. The van der Waals surface area contributed by atoms with Crippen molar-refractivity contribution in [2.75, 3.05) is 13.2 Å². The largest absolute Gasteiger partial charge is 0.482 e. The molecule has 3 aromatic carbocycles. The van der Waals surface area contributed by atoms with Crippen LogP contribution in [0.1, 0.15) is 28.3 Å². The van der Waals surface area contributed by atoms with Gasteiger partial charge in [-0.25, -0.2) is 9.59 Å². The molecule has 0 saturated heterocycles. The molecule has 0 aliphatic carbocycles. The van der Waals surface area contributed by atoms with Crippen molar-refractivity contribution in [1.29, 1.82) is 0 Å². The molecule has 1 N–H and O–H groups in total. The Hall–Kier alpha value is -3.51. The van der Waals surface area contributed by atoms with Gasteiger partial charge in [-0.15, -0.1) is 0 Å². The predicted octanol–water partition coefficient (Wildman–Crippen LogP) is 5.09. The Bertz CT molecular complexity index is 1120. The summed E-state index contributed by atoms with van der Waals surface area (Å²) < 4.78 is 11.2. The molecule has 32 heavy (non-hydrogen) atoms. The van der Waals surface area contributed by atoms with Crippen molar-refractivity contribution < 1.29 is 24.2 Å². The van der Waals surface area contributed by atoms with E-state index in [9.17, 15) is 9.59 Å². The second-order valence-corrected chi connectivity index (χ2v) is 7.89. The zero-order chi connectivity index (χ0) is 22.5. The summed E-state index contributed by atoms with van der Waals surface area (Å²) in [6.45, 7) is 0.101. The quantitative estimate of drug-likeness (QED) is 0.565. The van der Waals surface area contributed by atoms with Gasteiger partial charge in [0, 0.05) is 17.1 Å². The van der Waals surface area contributed by atoms with Crippen molar-refractivity contribution in [1.82, 2.24) is 4.90 Å². The smallest absolute Gasteiger partial charge is 0.410 e. The molecule has 7 heteroatoms. The van der Waals surface area contributed by atoms with Gasteiger partial charge in [0.2, 0.25) is 0 Å². The number of hydrogen-bond acceptors (Lipinski definition) is 4. The number of fused-ring (bicyclic) bond motifs is 1. The third kappa shape index (κ3) is 4.86. The molecule has 164 valence electrons. The Balaban J connectivity index is 1.69. The molecule has 0 radical (unpaired) electrons. The second kappa shape index (κ2) is 9.75. The van der Waals surface area contributed by atoms with Crippen molar-refractivity contribution >= 4 is 23.7 Å². The first-order chi connectivity index (χ1) is 15.5. The van der Waals surface area contributed by atoms with Gasteiger partial charge in [0.1, 0.15) is 12.4 Å². The molecule has 0 fully saturated rings. The van der Waals surface area contributed by atoms with Crippen molar-refractivity contribution in [3.8, 4) is 5.75 Å². The van der Waals surface area contributed by atoms with E-state index in [1.54, 1.807) is 23.1 Å². The van der Waals surface area contributed by atoms with Crippen LogP contribution >= 0.6 is 11.6 Å². The van der Waals surface area contributed by atoms with E-state index < -0.39 is 24.7 Å². The first-order valence-electron chi connectivity index (χ1n) is 10.2. The highest BCUT2D eigenvalue weighted by atomic mass is 35.5. The van der Waals surface area contributed by atoms with Gasteiger partial charge >= 0.3 is 12.1 Å². The van der Waals surface area contributed by atoms with Crippen molar-refractivity contribution in [2.45, 2.75) is 19.1 Å². The van der Waals surface area contributed by atoms with E-state index in [0.717, 1.165) is 16.7 Å². The number of benzene rings is 3. The highest BCUT2D eigenvalue weighted by Crippen LogP contribution is 2.40. The molecule has 0 aromatic heterocycles. The second-order valence-electron chi connectivity index (χ2n) is 7.45. The lowest BCUT2D eigenvalue weighted by molar-refractivity contribution is -0.139. The minimum Gasteiger partial charge on any atom is -0.482 e. The Morgan fingerprint density at radius 1 is 1.00 bits per heavy atom. The average molecular weight is 452 g/mol. The van der Waals surface area contributed by atoms with Crippen LogP contribution in [0.15, 0.2) is 72.8 Å². The Labute approximate surface area is 191 Å². The van der Waals surface area contributed by atoms with Crippen molar-refractivity contribution in [3.05, 3.63) is 100 Å². The van der Waals surface area contributed by atoms with Gasteiger partial charge in [-0.2, -0.15) is 0 Å². The molecule has 0 bridgehead atoms. The summed E-state index contributed by atoms with van der Waals surface area (Å²) in [6, 6.07) is 21.8. The monoisotopic (exact) mass is 451 g/mol. The molecule has 1 atom stereocenters. The summed E-state index contributed by atoms with van der Waals surface area (Å²) in [5.74, 6) is -0.728. The molecule has 4 rings (SSSR count). The minimum atomic E-state index is -1.09. The van der Waals surface area contributed by atoms with Crippen LogP contribution in [0.5, 0.6) is 5.75 Å². The SMILES string of the molecule is O=C(O)COc1ccc(Cl)cc1C1c2ccccc2CCN1C(=O)OCc1ccccc1. The van der Waals surface area contributed by atoms with Gasteiger partial charge in [-0.1, -0.05) is 66.2 Å². The van der Waals surface area contributed by atoms with Crippen LogP contribution in [0, 0.1) is 0 Å². The van der Waals surface area contributed by atoms with Gasteiger partial charge in [-0.05, 0) is 41.3 Å². The van der Waals surface area contributed by atoms with Gasteiger partial charge < -0.3 is 14.6 Å². The van der Waals surface area contributed by atoms with E-state index in [1.807, 2.05) is 54.6 Å². The Morgan fingerprint density at radius 2 is 1.75 bits per heavy atom. The topological polar surface area (TPSA) is 76.1 Å². The van der Waals surface area contributed by atoms with Crippen LogP contribution in [-0.4, -0.2) is 35.2 Å². The zero-order valence-corrected chi connectivity index (χ0v) is 18.0. The fourth-order valence-electron chi connectivity index (χ4n) is 3.90. The van der Waals surface area contributed by atoms with Crippen LogP contribution in [0.3, 0.4) is 0 Å². The third-order valence-electron chi connectivity index (χ3n) is 5.34. The molecule has 1 amide bonds. The summed E-state index contributed by atoms with van der Waals surface area (Å²) in [6.07, 6.45) is 0.219. The number of carboxylic acid groups (broad SMARTS) is 1. The van der Waals surface area contributed by atoms with Crippen molar-refractivity contribution in [3.63, 3.8) is 0 Å². The highest BCUT2D eigenvalue weighted by Gasteiger charge is 2.35. The van der Waals surface area contributed by atoms with Crippen LogP contribution in [0.4, 0.5) is 4.79 Å². The Morgan fingerprint density at radius 3 is 2.53 bits per heavy atom. The number of hydrogen-bond donors (Lipinski definition) is 1. The molecular weight excluding hydrogens is 430 g/mol. The molecule has 1 unspecified atom stereocenters. The molecule has 0 spiro atoms. The number of aliphatic carboxylic acids is 1. The lowest BCUT2D eigenvalue weighted by atomic mass is 9.88. The number of carboxylic acids is 1. The summed E-state index contributed by atoms with van der Waals surface area (Å²) in [4.78, 5) is 25.9. The maximum absolute atomic E-state index is 13.2. The van der Waals surface area contributed by atoms with Crippen LogP contribution in [-0.2, 0) is 22.6 Å². The van der Waals surface area contributed by atoms with E-state index in [1.165, 1.54) is 0 Å². The van der Waals surface area contributed by atoms with Crippen LogP contribution in [0.2, 0.25) is 5.02 Å². The molecule has 1 aliphatic heterocycles. The maximum Gasteiger partial charge on any atom is 0.410 e. The molecule has 1 heterocycles. The molecule has 6 nitrogen and oxygen atoms in total. The van der Waals surface area contributed by atoms with Gasteiger partial charge in [-0.3, -0.25) is 4.90 Å². The van der Waals surface area contributed by atoms with Crippen LogP contribution < -0.4 is 4.74 Å². The standard InChI is InChI=1S/C25H22ClNO5/c26-19-10-11-22(31-16-23(28)29)21(14-19)24-20-9-5-4-8-18(20)12-13-27(24)25(30)32-15-17-6-2-1-3-7-17/h1-11,14,24H,12-13,15-16H2,(H,28,29). The van der Waals surface area contributed by atoms with Gasteiger partial charge in [0.05, 0.1) is 6.04 Å². The summed E-state index contributed by atoms with van der Waals surface area (Å²) >= 11 is 6.29. The number of halogens is 1. The normalized spacial score (nSPS) is 15.0. The van der Waals surface area contributed by atoms with E-state index >= 15 is 0 Å². The molecule has 0 saturated carbocycles. The minimum absolute atomic E-state index is 0.155. The van der Waals surface area contributed by atoms with Crippen LogP contribution in [0.25, 0.3) is 0 Å². The third-order valence-corrected chi connectivity index (χ3v) is 5.58. The van der Waals surface area contributed by atoms with E-state index in [-0.39, 0.29) is 6.61 Å². The average Bonchev–Trinajstić information content (AvgIpc) is 2.81. The zero-order valence-electron chi connectivity index (χ0n) is 17.2. The van der Waals surface area contributed by atoms with E-state index in [2.05, 4.69) is 0 Å². The fraction of sp³-hybridized carbons (Fsp3) is 0.200. The fourth-order valence-corrected chi connectivity index (χ4v) is 4.09. The highest BCUT2D eigenvalue weighted by molar-refractivity contribution is 6.30. The molecule has 1 aliphatic rings. The number of amides is 1. The van der Waals surface area contributed by atoms with Gasteiger partial charge in [0.15, 0.2) is 6.61 Å². The number of nitrogens with zero attached hydrogens (tertiary/aromatic N) is 1. The summed E-state index contributed by atoms with van der Waals surface area (Å²) in [7, 11) is 0. The van der Waals surface area contributed by atoms with Crippen molar-refractivity contribution in [2.24, 2.45) is 0 Å². The number of rotatable bonds is 6. The maximum atomic E-state index is 13.2. The van der Waals surface area contributed by atoms with Gasteiger partial charge in [0.25, 0.3) is 0 Å². The number of ether oxygens (including phenoxy) is 2. The van der Waals surface area contributed by atoms with E-state index in [0.29, 0.717) is 29.3 Å². The van der Waals surface area contributed by atoms with E-state index in [4.69, 9.17) is 26.2 Å². The first kappa shape index (κ1) is 21.7. The summed E-state index contributed by atoms with van der Waals surface area (Å²) in [5, 5.41) is 9.53.